The lowest BCUT2D eigenvalue weighted by Crippen LogP contribution is -2.40. The van der Waals surface area contributed by atoms with Crippen LogP contribution < -0.4 is 10.1 Å². The molecule has 0 aliphatic heterocycles. The zero-order valence-corrected chi connectivity index (χ0v) is 17.0. The van der Waals surface area contributed by atoms with Gasteiger partial charge in [-0.25, -0.2) is 9.78 Å². The van der Waals surface area contributed by atoms with E-state index in [1.165, 1.54) is 18.6 Å². The van der Waals surface area contributed by atoms with Gasteiger partial charge in [0.25, 0.3) is 5.91 Å². The molecule has 3 rings (SSSR count). The number of thiazole rings is 1. The lowest BCUT2D eigenvalue weighted by molar-refractivity contribution is -0.136. The van der Waals surface area contributed by atoms with Crippen LogP contribution in [0.2, 0.25) is 0 Å². The number of hydrogen-bond donors (Lipinski definition) is 1. The smallest absolute Gasteiger partial charge is 0.333 e. The van der Waals surface area contributed by atoms with Gasteiger partial charge >= 0.3 is 5.97 Å². The number of ether oxygens (including phenoxy) is 1. The van der Waals surface area contributed by atoms with Gasteiger partial charge in [-0.1, -0.05) is 20.8 Å². The number of furan rings is 1. The summed E-state index contributed by atoms with van der Waals surface area (Å²) in [5.74, 6) is -0.536. The lowest BCUT2D eigenvalue weighted by Gasteiger charge is -2.14. The predicted molar refractivity (Wildman–Crippen MR) is 108 cm³/mol. The summed E-state index contributed by atoms with van der Waals surface area (Å²) in [5.41, 5.74) is 2.36. The normalized spacial score (nSPS) is 12.4. The quantitative estimate of drug-likeness (QED) is 0.508. The first kappa shape index (κ1) is 19.8. The summed E-state index contributed by atoms with van der Waals surface area (Å²) in [6.07, 6.45) is 2.71. The second-order valence-corrected chi connectivity index (χ2v) is 8.30. The molecule has 1 N–H and O–H groups in total. The average Bonchev–Trinajstić information content (AvgIpc) is 3.34. The molecule has 2 aromatic heterocycles. The number of nitrogens with zero attached hydrogens (tertiary/aromatic N) is 1. The monoisotopic (exact) mass is 398 g/mol. The third-order valence-electron chi connectivity index (χ3n) is 4.08. The Morgan fingerprint density at radius 1 is 1.18 bits per heavy atom. The van der Waals surface area contributed by atoms with Crippen LogP contribution in [0.1, 0.15) is 43.7 Å². The van der Waals surface area contributed by atoms with Gasteiger partial charge in [-0.05, 0) is 37.3 Å². The van der Waals surface area contributed by atoms with Crippen LogP contribution in [0.3, 0.4) is 0 Å². The topological polar surface area (TPSA) is 81.4 Å². The van der Waals surface area contributed by atoms with Gasteiger partial charge in [-0.2, -0.15) is 0 Å². The van der Waals surface area contributed by atoms with Crippen molar-refractivity contribution >= 4 is 23.2 Å². The summed E-state index contributed by atoms with van der Waals surface area (Å²) >= 11 is 1.59. The van der Waals surface area contributed by atoms with Crippen molar-refractivity contribution in [3.05, 3.63) is 59.5 Å². The van der Waals surface area contributed by atoms with Crippen LogP contribution in [0.5, 0.6) is 5.75 Å². The van der Waals surface area contributed by atoms with E-state index >= 15 is 0 Å². The first-order valence-electron chi connectivity index (χ1n) is 8.85. The summed E-state index contributed by atoms with van der Waals surface area (Å²) in [5, 5.41) is 5.56. The van der Waals surface area contributed by atoms with Crippen molar-refractivity contribution in [2.24, 2.45) is 0 Å². The highest BCUT2D eigenvalue weighted by Crippen LogP contribution is 2.30. The largest absolute Gasteiger partial charge is 0.472 e. The van der Waals surface area contributed by atoms with E-state index in [2.05, 4.69) is 36.5 Å². The zero-order valence-electron chi connectivity index (χ0n) is 16.2. The maximum atomic E-state index is 12.2. The fourth-order valence-electron chi connectivity index (χ4n) is 2.35. The molecule has 0 aliphatic rings. The molecule has 0 bridgehead atoms. The number of hydrogen-bond acceptors (Lipinski definition) is 6. The Labute approximate surface area is 167 Å². The average molecular weight is 398 g/mol. The predicted octanol–water partition coefficient (Wildman–Crippen LogP) is 4.42. The molecule has 0 saturated carbocycles. The van der Waals surface area contributed by atoms with Crippen LogP contribution in [0.4, 0.5) is 0 Å². The second kappa shape index (κ2) is 7.98. The minimum Gasteiger partial charge on any atom is -0.472 e. The summed E-state index contributed by atoms with van der Waals surface area (Å²) in [6.45, 7) is 7.95. The van der Waals surface area contributed by atoms with Crippen molar-refractivity contribution in [1.82, 2.24) is 10.3 Å². The SMILES string of the molecule is C[C@H](NC(=O)c1ccoc1)C(=O)Oc1ccc(-c2nc(C(C)(C)C)cs2)cc1. The van der Waals surface area contributed by atoms with Crippen molar-refractivity contribution in [1.29, 1.82) is 0 Å². The summed E-state index contributed by atoms with van der Waals surface area (Å²) in [6, 6.07) is 7.89. The van der Waals surface area contributed by atoms with Crippen LogP contribution in [-0.4, -0.2) is 22.9 Å². The highest BCUT2D eigenvalue weighted by atomic mass is 32.1. The lowest BCUT2D eigenvalue weighted by atomic mass is 9.93. The fraction of sp³-hybridized carbons (Fsp3) is 0.286. The molecule has 2 heterocycles. The van der Waals surface area contributed by atoms with Gasteiger partial charge in [0.2, 0.25) is 0 Å². The number of carbonyl (C=O) groups excluding carboxylic acids is 2. The molecule has 1 aromatic carbocycles. The number of benzene rings is 1. The molecule has 0 spiro atoms. The molecule has 6 nitrogen and oxygen atoms in total. The van der Waals surface area contributed by atoms with Crippen LogP contribution in [-0.2, 0) is 10.2 Å². The van der Waals surface area contributed by atoms with Crippen molar-refractivity contribution in [3.8, 4) is 16.3 Å². The van der Waals surface area contributed by atoms with E-state index in [4.69, 9.17) is 9.15 Å². The van der Waals surface area contributed by atoms with Gasteiger partial charge in [0, 0.05) is 16.4 Å². The number of aromatic nitrogens is 1. The van der Waals surface area contributed by atoms with Crippen molar-refractivity contribution in [2.45, 2.75) is 39.2 Å². The fourth-order valence-corrected chi connectivity index (χ4v) is 3.41. The number of esters is 1. The highest BCUT2D eigenvalue weighted by molar-refractivity contribution is 7.13. The molecule has 0 aliphatic carbocycles. The van der Waals surface area contributed by atoms with Gasteiger partial charge in [-0.3, -0.25) is 4.79 Å². The van der Waals surface area contributed by atoms with E-state index in [0.717, 1.165) is 16.3 Å². The van der Waals surface area contributed by atoms with Gasteiger partial charge < -0.3 is 14.5 Å². The Bertz CT molecular complexity index is 953. The third-order valence-corrected chi connectivity index (χ3v) is 4.97. The van der Waals surface area contributed by atoms with Crippen LogP contribution >= 0.6 is 11.3 Å². The van der Waals surface area contributed by atoms with E-state index in [1.807, 2.05) is 12.1 Å². The zero-order chi connectivity index (χ0) is 20.3. The minimum atomic E-state index is -0.796. The van der Waals surface area contributed by atoms with Crippen LogP contribution in [0, 0.1) is 0 Å². The molecule has 1 atom stereocenters. The first-order valence-corrected chi connectivity index (χ1v) is 9.73. The Morgan fingerprint density at radius 2 is 1.89 bits per heavy atom. The van der Waals surface area contributed by atoms with E-state index < -0.39 is 17.9 Å². The summed E-state index contributed by atoms with van der Waals surface area (Å²) in [7, 11) is 0. The molecule has 28 heavy (non-hydrogen) atoms. The maximum Gasteiger partial charge on any atom is 0.333 e. The Morgan fingerprint density at radius 3 is 2.46 bits per heavy atom. The molecule has 3 aromatic rings. The summed E-state index contributed by atoms with van der Waals surface area (Å²) < 4.78 is 10.2. The van der Waals surface area contributed by atoms with E-state index in [0.29, 0.717) is 11.3 Å². The maximum absolute atomic E-state index is 12.2. The van der Waals surface area contributed by atoms with Gasteiger partial charge in [-0.15, -0.1) is 11.3 Å². The molecular formula is C21H22N2O4S. The molecule has 146 valence electrons. The molecule has 0 unspecified atom stereocenters. The first-order chi connectivity index (χ1) is 13.2. The second-order valence-electron chi connectivity index (χ2n) is 7.44. The third kappa shape index (κ3) is 4.67. The van der Waals surface area contributed by atoms with Crippen LogP contribution in [0.25, 0.3) is 10.6 Å². The minimum absolute atomic E-state index is 0.00124. The number of amides is 1. The number of nitrogens with one attached hydrogen (secondary N) is 1. The van der Waals surface area contributed by atoms with Crippen molar-refractivity contribution < 1.29 is 18.7 Å². The van der Waals surface area contributed by atoms with E-state index in [-0.39, 0.29) is 5.41 Å². The summed E-state index contributed by atoms with van der Waals surface area (Å²) in [4.78, 5) is 28.9. The molecule has 1 amide bonds. The molecule has 7 heteroatoms. The van der Waals surface area contributed by atoms with Gasteiger partial charge in [0.05, 0.1) is 17.5 Å². The highest BCUT2D eigenvalue weighted by Gasteiger charge is 2.20. The molecule has 0 fully saturated rings. The standard InChI is InChI=1S/C21H22N2O4S/c1-13(22-18(24)15-9-10-26-11-15)20(25)27-16-7-5-14(6-8-16)19-23-17(12-28-19)21(2,3)4/h5-13H,1-4H3,(H,22,24)/t13-/m0/s1. The van der Waals surface area contributed by atoms with Crippen LogP contribution in [0.15, 0.2) is 52.7 Å². The van der Waals surface area contributed by atoms with Crippen molar-refractivity contribution in [3.63, 3.8) is 0 Å². The van der Waals surface area contributed by atoms with E-state index in [9.17, 15) is 9.59 Å². The van der Waals surface area contributed by atoms with Gasteiger partial charge in [0.15, 0.2) is 0 Å². The molecule has 0 radical (unpaired) electrons. The van der Waals surface area contributed by atoms with Gasteiger partial charge in [0.1, 0.15) is 23.1 Å². The van der Waals surface area contributed by atoms with Crippen molar-refractivity contribution in [2.75, 3.05) is 0 Å². The Balaban J connectivity index is 1.61. The number of rotatable bonds is 5. The molecule has 0 saturated heterocycles. The Hall–Kier alpha value is -2.93. The number of carbonyl (C=O) groups is 2. The molecular weight excluding hydrogens is 376 g/mol. The Kier molecular flexibility index (Phi) is 5.65. The van der Waals surface area contributed by atoms with E-state index in [1.54, 1.807) is 30.4 Å².